The van der Waals surface area contributed by atoms with Gasteiger partial charge in [-0.2, -0.15) is 0 Å². The van der Waals surface area contributed by atoms with Crippen LogP contribution in [0.4, 0.5) is 11.6 Å². The van der Waals surface area contributed by atoms with E-state index in [-0.39, 0.29) is 11.5 Å². The molecule has 0 radical (unpaired) electrons. The van der Waals surface area contributed by atoms with Crippen LogP contribution in [-0.2, 0) is 9.84 Å². The fraction of sp³-hybridized carbons (Fsp3) is 0.556. The summed E-state index contributed by atoms with van der Waals surface area (Å²) in [5.74, 6) is 1.46. The van der Waals surface area contributed by atoms with Crippen LogP contribution in [0.5, 0.6) is 0 Å². The van der Waals surface area contributed by atoms with Crippen molar-refractivity contribution in [1.82, 2.24) is 9.97 Å². The SMILES string of the molecule is CSc1nc(N)cc(N2CCS(=O)(=O)CC2)n1. The summed E-state index contributed by atoms with van der Waals surface area (Å²) in [5.41, 5.74) is 5.69. The molecule has 2 heterocycles. The molecule has 6 nitrogen and oxygen atoms in total. The summed E-state index contributed by atoms with van der Waals surface area (Å²) < 4.78 is 22.7. The lowest BCUT2D eigenvalue weighted by Gasteiger charge is -2.27. The maximum absolute atomic E-state index is 11.3. The van der Waals surface area contributed by atoms with Crippen LogP contribution in [-0.4, -0.2) is 49.2 Å². The standard InChI is InChI=1S/C9H14N4O2S2/c1-16-9-11-7(10)6-8(12-9)13-2-4-17(14,15)5-3-13/h6H,2-5H2,1H3,(H2,10,11,12). The Morgan fingerprint density at radius 2 is 2.00 bits per heavy atom. The van der Waals surface area contributed by atoms with Gasteiger partial charge in [-0.15, -0.1) is 0 Å². The minimum Gasteiger partial charge on any atom is -0.383 e. The van der Waals surface area contributed by atoms with Gasteiger partial charge in [0.15, 0.2) is 15.0 Å². The van der Waals surface area contributed by atoms with E-state index in [1.807, 2.05) is 11.2 Å². The second-order valence-corrected chi connectivity index (χ2v) is 6.85. The lowest BCUT2D eigenvalue weighted by atomic mass is 10.4. The molecule has 0 saturated carbocycles. The molecule has 0 aromatic carbocycles. The van der Waals surface area contributed by atoms with Crippen molar-refractivity contribution in [2.75, 3.05) is 41.5 Å². The predicted molar refractivity (Wildman–Crippen MR) is 69.1 cm³/mol. The second kappa shape index (κ2) is 4.69. The van der Waals surface area contributed by atoms with Crippen molar-refractivity contribution in [3.8, 4) is 0 Å². The van der Waals surface area contributed by atoms with Gasteiger partial charge >= 0.3 is 0 Å². The molecule has 8 heteroatoms. The number of aromatic nitrogens is 2. The summed E-state index contributed by atoms with van der Waals surface area (Å²) in [6.45, 7) is 0.930. The monoisotopic (exact) mass is 274 g/mol. The van der Waals surface area contributed by atoms with Crippen LogP contribution in [0.3, 0.4) is 0 Å². The van der Waals surface area contributed by atoms with Gasteiger partial charge in [0.05, 0.1) is 11.5 Å². The number of nitrogens with zero attached hydrogens (tertiary/aromatic N) is 3. The molecule has 0 bridgehead atoms. The van der Waals surface area contributed by atoms with E-state index in [0.29, 0.717) is 29.9 Å². The summed E-state index contributed by atoms with van der Waals surface area (Å²) >= 11 is 1.41. The van der Waals surface area contributed by atoms with Gasteiger partial charge in [0.25, 0.3) is 0 Å². The maximum Gasteiger partial charge on any atom is 0.191 e. The van der Waals surface area contributed by atoms with Gasteiger partial charge in [0.2, 0.25) is 0 Å². The summed E-state index contributed by atoms with van der Waals surface area (Å²) in [5, 5.41) is 0.605. The molecule has 0 atom stereocenters. The highest BCUT2D eigenvalue weighted by Crippen LogP contribution is 2.20. The van der Waals surface area contributed by atoms with Crippen molar-refractivity contribution >= 4 is 33.2 Å². The quantitative estimate of drug-likeness (QED) is 0.600. The van der Waals surface area contributed by atoms with Gasteiger partial charge in [-0.05, 0) is 6.26 Å². The van der Waals surface area contributed by atoms with Gasteiger partial charge < -0.3 is 10.6 Å². The molecule has 94 valence electrons. The van der Waals surface area contributed by atoms with Crippen LogP contribution in [0, 0.1) is 0 Å². The zero-order chi connectivity index (χ0) is 12.5. The highest BCUT2D eigenvalue weighted by atomic mass is 32.2. The molecule has 0 aliphatic carbocycles. The summed E-state index contributed by atoms with van der Waals surface area (Å²) in [6.07, 6.45) is 1.87. The van der Waals surface area contributed by atoms with Crippen molar-refractivity contribution in [1.29, 1.82) is 0 Å². The molecular formula is C9H14N4O2S2. The second-order valence-electron chi connectivity index (χ2n) is 3.78. The van der Waals surface area contributed by atoms with Crippen molar-refractivity contribution in [3.63, 3.8) is 0 Å². The zero-order valence-corrected chi connectivity index (χ0v) is 11.1. The van der Waals surface area contributed by atoms with E-state index in [1.165, 1.54) is 11.8 Å². The third-order valence-corrected chi connectivity index (χ3v) is 4.72. The van der Waals surface area contributed by atoms with Gasteiger partial charge in [-0.25, -0.2) is 18.4 Å². The molecule has 1 saturated heterocycles. The lowest BCUT2D eigenvalue weighted by molar-refractivity contribution is 0.586. The van der Waals surface area contributed by atoms with E-state index < -0.39 is 9.84 Å². The number of rotatable bonds is 2. The molecule has 1 fully saturated rings. The third kappa shape index (κ3) is 3.01. The van der Waals surface area contributed by atoms with E-state index in [1.54, 1.807) is 6.07 Å². The Morgan fingerprint density at radius 1 is 1.35 bits per heavy atom. The molecule has 1 aromatic heterocycles. The first-order valence-corrected chi connectivity index (χ1v) is 8.19. The number of sulfone groups is 1. The molecule has 0 spiro atoms. The summed E-state index contributed by atoms with van der Waals surface area (Å²) in [6, 6.07) is 1.68. The van der Waals surface area contributed by atoms with Gasteiger partial charge in [-0.3, -0.25) is 0 Å². The fourth-order valence-corrected chi connectivity index (χ4v) is 3.21. The number of anilines is 2. The molecule has 0 amide bonds. The fourth-order valence-electron chi connectivity index (χ4n) is 1.63. The summed E-state index contributed by atoms with van der Waals surface area (Å²) in [4.78, 5) is 10.3. The van der Waals surface area contributed by atoms with Crippen molar-refractivity contribution < 1.29 is 8.42 Å². The highest BCUT2D eigenvalue weighted by Gasteiger charge is 2.22. The Hall–Kier alpha value is -1.02. The van der Waals surface area contributed by atoms with E-state index in [4.69, 9.17) is 5.73 Å². The molecule has 1 aromatic rings. The zero-order valence-electron chi connectivity index (χ0n) is 9.46. The molecular weight excluding hydrogens is 260 g/mol. The molecule has 2 rings (SSSR count). The maximum atomic E-state index is 11.3. The van der Waals surface area contributed by atoms with E-state index >= 15 is 0 Å². The minimum absolute atomic E-state index is 0.172. The summed E-state index contributed by atoms with van der Waals surface area (Å²) in [7, 11) is -2.87. The molecule has 2 N–H and O–H groups in total. The Morgan fingerprint density at radius 3 is 2.59 bits per heavy atom. The van der Waals surface area contributed by atoms with Crippen LogP contribution >= 0.6 is 11.8 Å². The van der Waals surface area contributed by atoms with Crippen LogP contribution in [0.1, 0.15) is 0 Å². The van der Waals surface area contributed by atoms with E-state index in [2.05, 4.69) is 9.97 Å². The molecule has 1 aliphatic heterocycles. The number of nitrogen functional groups attached to an aromatic ring is 1. The predicted octanol–water partition coefficient (Wildman–Crippen LogP) is 0.0155. The van der Waals surface area contributed by atoms with Crippen LogP contribution < -0.4 is 10.6 Å². The van der Waals surface area contributed by atoms with E-state index in [0.717, 1.165) is 0 Å². The van der Waals surface area contributed by atoms with Crippen molar-refractivity contribution in [3.05, 3.63) is 6.07 Å². The number of nitrogens with two attached hydrogens (primary N) is 1. The first-order chi connectivity index (χ1) is 8.00. The minimum atomic E-state index is -2.87. The average Bonchev–Trinajstić information content (AvgIpc) is 2.28. The first-order valence-electron chi connectivity index (χ1n) is 5.14. The van der Waals surface area contributed by atoms with Crippen LogP contribution in [0.15, 0.2) is 11.2 Å². The normalized spacial score (nSPS) is 19.2. The van der Waals surface area contributed by atoms with Crippen molar-refractivity contribution in [2.45, 2.75) is 5.16 Å². The highest BCUT2D eigenvalue weighted by molar-refractivity contribution is 7.98. The Bertz CT molecular complexity index is 504. The smallest absolute Gasteiger partial charge is 0.191 e. The largest absolute Gasteiger partial charge is 0.383 e. The van der Waals surface area contributed by atoms with Crippen molar-refractivity contribution in [2.24, 2.45) is 0 Å². The van der Waals surface area contributed by atoms with Crippen LogP contribution in [0.25, 0.3) is 0 Å². The topological polar surface area (TPSA) is 89.2 Å². The Balaban J connectivity index is 2.21. The third-order valence-electron chi connectivity index (χ3n) is 2.56. The molecule has 1 aliphatic rings. The number of thioether (sulfide) groups is 1. The first kappa shape index (κ1) is 12.4. The Labute approximate surface area is 105 Å². The van der Waals surface area contributed by atoms with Gasteiger partial charge in [0, 0.05) is 19.2 Å². The van der Waals surface area contributed by atoms with Crippen LogP contribution in [0.2, 0.25) is 0 Å². The van der Waals surface area contributed by atoms with Gasteiger partial charge in [-0.1, -0.05) is 11.8 Å². The molecule has 0 unspecified atom stereocenters. The molecule has 17 heavy (non-hydrogen) atoms. The Kier molecular flexibility index (Phi) is 3.43. The number of hydrogen-bond acceptors (Lipinski definition) is 7. The lowest BCUT2D eigenvalue weighted by Crippen LogP contribution is -2.40. The number of hydrogen-bond donors (Lipinski definition) is 1. The van der Waals surface area contributed by atoms with Gasteiger partial charge in [0.1, 0.15) is 11.6 Å². The van der Waals surface area contributed by atoms with E-state index in [9.17, 15) is 8.42 Å². The average molecular weight is 274 g/mol.